The fraction of sp³-hybridized carbons (Fsp3) is 0.172. The van der Waals surface area contributed by atoms with Crippen LogP contribution in [0.5, 0.6) is 0 Å². The molecule has 0 aliphatic heterocycles. The predicted molar refractivity (Wildman–Crippen MR) is 123 cm³/mol. The molecule has 1 aliphatic carbocycles. The van der Waals surface area contributed by atoms with E-state index in [-0.39, 0.29) is 0 Å². The van der Waals surface area contributed by atoms with E-state index in [1.807, 2.05) is 6.92 Å². The molecule has 0 bridgehead atoms. The van der Waals surface area contributed by atoms with Gasteiger partial charge in [0.05, 0.1) is 11.0 Å². The molecule has 0 aromatic heterocycles. The summed E-state index contributed by atoms with van der Waals surface area (Å²) >= 11 is 0. The molecular weight excluding hydrogens is 405 g/mol. The Morgan fingerprint density at radius 2 is 0.938 bits per heavy atom. The second kappa shape index (κ2) is 7.09. The quantitative estimate of drug-likeness (QED) is 0.267. The molecule has 160 valence electrons. The maximum absolute atomic E-state index is 13.3. The Bertz CT molecular complexity index is 1260. The van der Waals surface area contributed by atoms with E-state index in [4.69, 9.17) is 0 Å². The smallest absolute Gasteiger partial charge is 0.166 e. The Morgan fingerprint density at radius 3 is 1.38 bits per heavy atom. The topological polar surface area (TPSA) is 0 Å². The van der Waals surface area contributed by atoms with Crippen molar-refractivity contribution in [2.75, 3.05) is 0 Å². The van der Waals surface area contributed by atoms with Crippen LogP contribution in [0.3, 0.4) is 0 Å². The van der Waals surface area contributed by atoms with Crippen molar-refractivity contribution in [3.8, 4) is 11.1 Å². The molecule has 0 spiro atoms. The highest BCUT2D eigenvalue weighted by Gasteiger charge is 2.46. The summed E-state index contributed by atoms with van der Waals surface area (Å²) in [6.07, 6.45) is -4.37. The average Bonchev–Trinajstić information content (AvgIpc) is 3.03. The maximum atomic E-state index is 13.3. The molecule has 0 radical (unpaired) electrons. The minimum atomic E-state index is -4.37. The maximum Gasteiger partial charge on any atom is 0.416 e. The van der Waals surface area contributed by atoms with Gasteiger partial charge in [-0.05, 0) is 66.3 Å². The largest absolute Gasteiger partial charge is 0.416 e. The second-order valence-electron chi connectivity index (χ2n) is 8.79. The lowest BCUT2D eigenvalue weighted by molar-refractivity contribution is -0.137. The van der Waals surface area contributed by atoms with E-state index in [1.54, 1.807) is 12.1 Å². The van der Waals surface area contributed by atoms with E-state index in [0.29, 0.717) is 0 Å². The molecule has 0 saturated heterocycles. The van der Waals surface area contributed by atoms with Gasteiger partial charge in [0, 0.05) is 0 Å². The zero-order chi connectivity index (χ0) is 22.7. The summed E-state index contributed by atoms with van der Waals surface area (Å²) < 4.78 is 40.0. The van der Waals surface area contributed by atoms with Crippen LogP contribution in [-0.4, -0.2) is 0 Å². The number of alkyl halides is 3. The lowest BCUT2D eigenvalue weighted by Gasteiger charge is -2.34. The minimum absolute atomic E-state index is 0.632. The van der Waals surface area contributed by atoms with E-state index in [1.165, 1.54) is 12.1 Å². The van der Waals surface area contributed by atoms with E-state index in [9.17, 15) is 13.2 Å². The van der Waals surface area contributed by atoms with E-state index in [0.717, 1.165) is 50.1 Å². The number of halogens is 3. The van der Waals surface area contributed by atoms with E-state index >= 15 is 0 Å². The van der Waals surface area contributed by atoms with Crippen molar-refractivity contribution in [1.29, 1.82) is 0 Å². The van der Waals surface area contributed by atoms with Gasteiger partial charge in [0.15, 0.2) is 0 Å². The first-order chi connectivity index (χ1) is 15.2. The van der Waals surface area contributed by atoms with Crippen LogP contribution in [0.15, 0.2) is 84.9 Å². The highest BCUT2D eigenvalue weighted by atomic mass is 19.4. The van der Waals surface area contributed by atoms with Gasteiger partial charge in [0.25, 0.3) is 0 Å². The van der Waals surface area contributed by atoms with Crippen LogP contribution in [-0.2, 0) is 11.6 Å². The number of fused-ring (bicyclic) bond motifs is 3. The first-order valence-electron chi connectivity index (χ1n) is 10.7. The molecule has 0 N–H and O–H groups in total. The van der Waals surface area contributed by atoms with Gasteiger partial charge in [-0.3, -0.25) is 0 Å². The standard InChI is InChI=1S/C29H23F3/c1-18-4-8-21(9-5-18)28(22-10-12-23(13-11-22)29(30,31)32)26-16-19(2)6-14-24(26)25-15-7-20(3)17-27(25)28/h4-17H,1-3H3. The summed E-state index contributed by atoms with van der Waals surface area (Å²) in [5.74, 6) is 0. The van der Waals surface area contributed by atoms with Crippen LogP contribution in [0.25, 0.3) is 11.1 Å². The molecular formula is C29H23F3. The molecule has 0 atom stereocenters. The summed E-state index contributed by atoms with van der Waals surface area (Å²) in [5, 5.41) is 0. The molecule has 0 fully saturated rings. The highest BCUT2D eigenvalue weighted by molar-refractivity contribution is 5.86. The Kier molecular flexibility index (Phi) is 4.56. The Balaban J connectivity index is 1.91. The number of benzene rings is 4. The third-order valence-corrected chi connectivity index (χ3v) is 6.58. The summed E-state index contributed by atoms with van der Waals surface area (Å²) in [5.41, 5.74) is 8.45. The van der Waals surface area contributed by atoms with Crippen molar-refractivity contribution in [2.24, 2.45) is 0 Å². The van der Waals surface area contributed by atoms with Crippen molar-refractivity contribution in [1.82, 2.24) is 0 Å². The fourth-order valence-electron chi connectivity index (χ4n) is 5.05. The molecule has 0 nitrogen and oxygen atoms in total. The SMILES string of the molecule is Cc1ccc(C2(c3ccc(C(F)(F)F)cc3)c3cc(C)ccc3-c3ccc(C)cc32)cc1. The van der Waals surface area contributed by atoms with Gasteiger partial charge in [-0.1, -0.05) is 89.5 Å². The first-order valence-corrected chi connectivity index (χ1v) is 10.7. The van der Waals surface area contributed by atoms with Crippen molar-refractivity contribution >= 4 is 0 Å². The molecule has 1 aliphatic rings. The number of aryl methyl sites for hydroxylation is 3. The average molecular weight is 428 g/mol. The van der Waals surface area contributed by atoms with Crippen molar-refractivity contribution in [3.63, 3.8) is 0 Å². The third-order valence-electron chi connectivity index (χ3n) is 6.58. The summed E-state index contributed by atoms with van der Waals surface area (Å²) in [7, 11) is 0. The first kappa shape index (κ1) is 20.6. The summed E-state index contributed by atoms with van der Waals surface area (Å²) in [6, 6.07) is 26.9. The normalized spacial score (nSPS) is 14.2. The van der Waals surface area contributed by atoms with Gasteiger partial charge in [0.2, 0.25) is 0 Å². The zero-order valence-corrected chi connectivity index (χ0v) is 18.2. The van der Waals surface area contributed by atoms with Gasteiger partial charge < -0.3 is 0 Å². The van der Waals surface area contributed by atoms with Crippen LogP contribution < -0.4 is 0 Å². The van der Waals surface area contributed by atoms with Crippen molar-refractivity contribution in [3.05, 3.63) is 129 Å². The van der Waals surface area contributed by atoms with Gasteiger partial charge in [-0.25, -0.2) is 0 Å². The minimum Gasteiger partial charge on any atom is -0.166 e. The molecule has 5 rings (SSSR count). The number of hydrogen-bond donors (Lipinski definition) is 0. The van der Waals surface area contributed by atoms with Crippen molar-refractivity contribution in [2.45, 2.75) is 32.4 Å². The lowest BCUT2D eigenvalue weighted by Crippen LogP contribution is -2.29. The predicted octanol–water partition coefficient (Wildman–Crippen LogP) is 7.99. The fourth-order valence-corrected chi connectivity index (χ4v) is 5.05. The third kappa shape index (κ3) is 2.99. The second-order valence-corrected chi connectivity index (χ2v) is 8.79. The highest BCUT2D eigenvalue weighted by Crippen LogP contribution is 2.56. The van der Waals surface area contributed by atoms with Crippen LogP contribution >= 0.6 is 0 Å². The zero-order valence-electron chi connectivity index (χ0n) is 18.2. The van der Waals surface area contributed by atoms with Crippen molar-refractivity contribution < 1.29 is 13.2 Å². The number of hydrogen-bond acceptors (Lipinski definition) is 0. The molecule has 3 heteroatoms. The molecule has 32 heavy (non-hydrogen) atoms. The summed E-state index contributed by atoms with van der Waals surface area (Å²) in [6.45, 7) is 6.15. The molecule has 0 amide bonds. The van der Waals surface area contributed by atoms with Gasteiger partial charge in [-0.2, -0.15) is 13.2 Å². The molecule has 4 aromatic rings. The molecule has 4 aromatic carbocycles. The van der Waals surface area contributed by atoms with E-state index in [2.05, 4.69) is 74.5 Å². The summed E-state index contributed by atoms with van der Waals surface area (Å²) in [4.78, 5) is 0. The Labute approximate surface area is 186 Å². The van der Waals surface area contributed by atoms with Crippen LogP contribution in [0, 0.1) is 20.8 Å². The van der Waals surface area contributed by atoms with Crippen LogP contribution in [0.1, 0.15) is 44.5 Å². The van der Waals surface area contributed by atoms with Crippen LogP contribution in [0.4, 0.5) is 13.2 Å². The Hall–Kier alpha value is -3.33. The van der Waals surface area contributed by atoms with Gasteiger partial charge in [-0.15, -0.1) is 0 Å². The molecule has 0 unspecified atom stereocenters. The van der Waals surface area contributed by atoms with E-state index < -0.39 is 17.2 Å². The number of rotatable bonds is 2. The molecule has 0 heterocycles. The molecule has 0 saturated carbocycles. The van der Waals surface area contributed by atoms with Gasteiger partial charge in [0.1, 0.15) is 0 Å². The monoisotopic (exact) mass is 428 g/mol. The van der Waals surface area contributed by atoms with Crippen LogP contribution in [0.2, 0.25) is 0 Å². The van der Waals surface area contributed by atoms with Gasteiger partial charge >= 0.3 is 6.18 Å². The Morgan fingerprint density at radius 1 is 0.531 bits per heavy atom. The lowest BCUT2D eigenvalue weighted by atomic mass is 9.67.